The molecule has 3 amide bonds. The van der Waals surface area contributed by atoms with Crippen molar-refractivity contribution in [2.75, 3.05) is 48.9 Å². The summed E-state index contributed by atoms with van der Waals surface area (Å²) >= 11 is 0. The number of piperidine rings is 1. The van der Waals surface area contributed by atoms with E-state index in [0.717, 1.165) is 18.7 Å². The minimum absolute atomic E-state index is 0.0395. The number of aromatic nitrogens is 2. The van der Waals surface area contributed by atoms with E-state index >= 15 is 0 Å². The predicted octanol–water partition coefficient (Wildman–Crippen LogP) is 5.11. The second kappa shape index (κ2) is 12.7. The molecule has 1 saturated carbocycles. The average molecular weight is 622 g/mol. The lowest BCUT2D eigenvalue weighted by Crippen LogP contribution is -2.47. The number of rotatable bonds is 6. The highest BCUT2D eigenvalue weighted by molar-refractivity contribution is 6.01. The Bertz CT molecular complexity index is 1430. The lowest BCUT2D eigenvalue weighted by Gasteiger charge is -2.34. The Morgan fingerprint density at radius 1 is 1.07 bits per heavy atom. The minimum atomic E-state index is -0.569. The molecule has 0 unspecified atom stereocenters. The lowest BCUT2D eigenvalue weighted by molar-refractivity contribution is -0.125. The van der Waals surface area contributed by atoms with E-state index in [4.69, 9.17) is 14.5 Å². The molecule has 12 nitrogen and oxygen atoms in total. The summed E-state index contributed by atoms with van der Waals surface area (Å²) in [4.78, 5) is 54.0. The van der Waals surface area contributed by atoms with Crippen LogP contribution in [0.15, 0.2) is 24.4 Å². The summed E-state index contributed by atoms with van der Waals surface area (Å²) < 4.78 is 11.1. The molecule has 2 aromatic rings. The van der Waals surface area contributed by atoms with E-state index in [1.54, 1.807) is 48.4 Å². The molecule has 0 radical (unpaired) electrons. The Morgan fingerprint density at radius 2 is 1.76 bits per heavy atom. The Morgan fingerprint density at radius 3 is 2.40 bits per heavy atom. The van der Waals surface area contributed by atoms with Crippen LogP contribution in [0.5, 0.6) is 5.75 Å². The van der Waals surface area contributed by atoms with Gasteiger partial charge in [0.2, 0.25) is 11.9 Å². The first kappa shape index (κ1) is 32.3. The first-order valence-corrected chi connectivity index (χ1v) is 15.9. The molecule has 1 saturated heterocycles. The number of hydrogen-bond donors (Lipinski definition) is 2. The third kappa shape index (κ3) is 7.26. The smallest absolute Gasteiger partial charge is 0.410 e. The SMILES string of the molecule is COc1cc(C(=O)NC2CCN(C(=O)OC(C)(C)C)CC2)ccc1Nc1ncc2c(n1)N(C1CCCC1)CC(C)(C)C(=O)N2C. The number of fused-ring (bicyclic) bond motifs is 1. The first-order chi connectivity index (χ1) is 21.3. The molecule has 12 heteroatoms. The van der Waals surface area contributed by atoms with Crippen molar-refractivity contribution in [3.63, 3.8) is 0 Å². The van der Waals surface area contributed by atoms with Crippen molar-refractivity contribution in [1.82, 2.24) is 20.2 Å². The number of likely N-dealkylation sites (tertiary alicyclic amines) is 1. The van der Waals surface area contributed by atoms with Crippen LogP contribution >= 0.6 is 0 Å². The second-order valence-corrected chi connectivity index (χ2v) is 14.0. The lowest BCUT2D eigenvalue weighted by atomic mass is 9.91. The molecule has 2 fully saturated rings. The highest BCUT2D eigenvalue weighted by Gasteiger charge is 2.41. The maximum Gasteiger partial charge on any atom is 0.410 e. The summed E-state index contributed by atoms with van der Waals surface area (Å²) in [7, 11) is 3.34. The van der Waals surface area contributed by atoms with E-state index in [9.17, 15) is 14.4 Å². The zero-order valence-electron chi connectivity index (χ0n) is 27.6. The van der Waals surface area contributed by atoms with E-state index in [1.807, 2.05) is 34.6 Å². The highest BCUT2D eigenvalue weighted by Crippen LogP contribution is 2.40. The van der Waals surface area contributed by atoms with E-state index in [1.165, 1.54) is 12.8 Å². The van der Waals surface area contributed by atoms with Gasteiger partial charge in [-0.1, -0.05) is 12.8 Å². The topological polar surface area (TPSA) is 129 Å². The maximum atomic E-state index is 13.3. The fourth-order valence-corrected chi connectivity index (χ4v) is 6.38. The molecule has 2 N–H and O–H groups in total. The molecule has 3 heterocycles. The summed E-state index contributed by atoms with van der Waals surface area (Å²) in [6, 6.07) is 5.48. The summed E-state index contributed by atoms with van der Waals surface area (Å²) in [5.74, 6) is 1.43. The van der Waals surface area contributed by atoms with Gasteiger partial charge in [0.05, 0.1) is 24.4 Å². The van der Waals surface area contributed by atoms with Gasteiger partial charge in [0.1, 0.15) is 17.0 Å². The number of nitrogens with one attached hydrogen (secondary N) is 2. The number of benzene rings is 1. The number of carbonyl (C=O) groups is 3. The Balaban J connectivity index is 1.28. The zero-order chi connectivity index (χ0) is 32.5. The van der Waals surface area contributed by atoms with Gasteiger partial charge in [-0.15, -0.1) is 0 Å². The number of anilines is 4. The number of amides is 3. The van der Waals surface area contributed by atoms with Gasteiger partial charge in [-0.05, 0) is 78.5 Å². The van der Waals surface area contributed by atoms with Crippen LogP contribution in [0.4, 0.5) is 27.9 Å². The van der Waals surface area contributed by atoms with Crippen molar-refractivity contribution in [2.24, 2.45) is 5.41 Å². The van der Waals surface area contributed by atoms with Gasteiger partial charge in [-0.3, -0.25) is 9.59 Å². The van der Waals surface area contributed by atoms with Crippen molar-refractivity contribution < 1.29 is 23.9 Å². The van der Waals surface area contributed by atoms with Crippen LogP contribution in [0, 0.1) is 5.41 Å². The molecule has 0 spiro atoms. The molecule has 0 bridgehead atoms. The molecule has 1 aromatic heterocycles. The van der Waals surface area contributed by atoms with Gasteiger partial charge < -0.3 is 34.8 Å². The van der Waals surface area contributed by atoms with Gasteiger partial charge in [0.25, 0.3) is 5.91 Å². The number of carbonyl (C=O) groups excluding carboxylic acids is 3. The van der Waals surface area contributed by atoms with Crippen LogP contribution in [0.2, 0.25) is 0 Å². The van der Waals surface area contributed by atoms with Crippen LogP contribution in [0.25, 0.3) is 0 Å². The predicted molar refractivity (Wildman–Crippen MR) is 173 cm³/mol. The van der Waals surface area contributed by atoms with Gasteiger partial charge in [0, 0.05) is 44.3 Å². The van der Waals surface area contributed by atoms with Crippen LogP contribution in [0.1, 0.15) is 83.5 Å². The monoisotopic (exact) mass is 621 g/mol. The van der Waals surface area contributed by atoms with Crippen molar-refractivity contribution in [2.45, 2.75) is 90.8 Å². The van der Waals surface area contributed by atoms with E-state index in [0.29, 0.717) is 67.2 Å². The number of hydrogen-bond acceptors (Lipinski definition) is 9. The van der Waals surface area contributed by atoms with Gasteiger partial charge in [-0.2, -0.15) is 4.98 Å². The number of methoxy groups -OCH3 is 1. The van der Waals surface area contributed by atoms with Crippen LogP contribution in [0.3, 0.4) is 0 Å². The Kier molecular flexibility index (Phi) is 9.14. The molecule has 3 aliphatic rings. The van der Waals surface area contributed by atoms with E-state index in [-0.39, 0.29) is 23.9 Å². The molecular weight excluding hydrogens is 574 g/mol. The largest absolute Gasteiger partial charge is 0.495 e. The summed E-state index contributed by atoms with van der Waals surface area (Å²) in [6.07, 6.45) is 7.14. The third-order valence-electron chi connectivity index (χ3n) is 8.79. The third-order valence-corrected chi connectivity index (χ3v) is 8.79. The van der Waals surface area contributed by atoms with Crippen LogP contribution in [-0.4, -0.2) is 84.3 Å². The second-order valence-electron chi connectivity index (χ2n) is 14.0. The van der Waals surface area contributed by atoms with Gasteiger partial charge in [-0.25, -0.2) is 9.78 Å². The van der Waals surface area contributed by atoms with Crippen molar-refractivity contribution in [3.05, 3.63) is 30.0 Å². The van der Waals surface area contributed by atoms with Crippen molar-refractivity contribution in [3.8, 4) is 5.75 Å². The van der Waals surface area contributed by atoms with E-state index < -0.39 is 11.0 Å². The summed E-state index contributed by atoms with van der Waals surface area (Å²) in [5, 5.41) is 6.37. The Labute approximate surface area is 265 Å². The molecule has 45 heavy (non-hydrogen) atoms. The zero-order valence-corrected chi connectivity index (χ0v) is 27.6. The van der Waals surface area contributed by atoms with Gasteiger partial charge >= 0.3 is 6.09 Å². The molecule has 2 aliphatic heterocycles. The average Bonchev–Trinajstić information content (AvgIpc) is 3.51. The number of ether oxygens (including phenoxy) is 2. The molecule has 0 atom stereocenters. The number of nitrogens with zero attached hydrogens (tertiary/aromatic N) is 5. The molecule has 244 valence electrons. The standard InChI is InChI=1S/C33H47N7O5/c1-32(2,3)45-31(43)39-16-14-22(15-17-39)35-28(41)21-12-13-24(26(18-21)44-7)36-30-34-19-25-27(37-30)40(23-10-8-9-11-23)20-33(4,5)29(42)38(25)6/h12-13,18-19,22-23H,8-11,14-17,20H2,1-7H3,(H,35,41)(H,34,36,37). The molecule has 5 rings (SSSR count). The fraction of sp³-hybridized carbons (Fsp3) is 0.606. The van der Waals surface area contributed by atoms with Crippen LogP contribution < -0.4 is 25.2 Å². The highest BCUT2D eigenvalue weighted by atomic mass is 16.6. The first-order valence-electron chi connectivity index (χ1n) is 15.9. The fourth-order valence-electron chi connectivity index (χ4n) is 6.38. The molecular formula is C33H47N7O5. The maximum absolute atomic E-state index is 13.3. The summed E-state index contributed by atoms with van der Waals surface area (Å²) in [6.45, 7) is 11.1. The normalized spacial score (nSPS) is 19.2. The van der Waals surface area contributed by atoms with Crippen LogP contribution in [-0.2, 0) is 9.53 Å². The van der Waals surface area contributed by atoms with Crippen molar-refractivity contribution >= 4 is 41.0 Å². The quantitative estimate of drug-likeness (QED) is 0.452. The van der Waals surface area contributed by atoms with E-state index in [2.05, 4.69) is 20.5 Å². The minimum Gasteiger partial charge on any atom is -0.495 e. The summed E-state index contributed by atoms with van der Waals surface area (Å²) in [5.41, 5.74) is 0.659. The van der Waals surface area contributed by atoms with Gasteiger partial charge in [0.15, 0.2) is 5.82 Å². The van der Waals surface area contributed by atoms with Crippen molar-refractivity contribution in [1.29, 1.82) is 0 Å². The molecule has 1 aliphatic carbocycles. The Hall–Kier alpha value is -4.09. The molecule has 1 aromatic carbocycles.